The zero-order chi connectivity index (χ0) is 21.1. The molecule has 5 heteroatoms. The topological polar surface area (TPSA) is 91.7 Å². The lowest BCUT2D eigenvalue weighted by molar-refractivity contribution is -0.177. The fourth-order valence-electron chi connectivity index (χ4n) is 8.22. The number of fused-ring (bicyclic) bond motifs is 5. The lowest BCUT2D eigenvalue weighted by Gasteiger charge is -2.61. The summed E-state index contributed by atoms with van der Waals surface area (Å²) in [6.07, 6.45) is 5.42. The van der Waals surface area contributed by atoms with Crippen LogP contribution in [0.5, 0.6) is 0 Å². The van der Waals surface area contributed by atoms with Gasteiger partial charge in [0.1, 0.15) is 11.6 Å². The van der Waals surface area contributed by atoms with Crippen LogP contribution >= 0.6 is 0 Å². The number of carboxylic acid groups (broad SMARTS) is 1. The molecular formula is C24H36O5. The Hall–Kier alpha value is -1.23. The van der Waals surface area contributed by atoms with Gasteiger partial charge in [-0.2, -0.15) is 0 Å². The smallest absolute Gasteiger partial charge is 0.303 e. The molecule has 9 atom stereocenters. The second-order valence-corrected chi connectivity index (χ2v) is 11.0. The zero-order valence-corrected chi connectivity index (χ0v) is 18.0. The monoisotopic (exact) mass is 404 g/mol. The summed E-state index contributed by atoms with van der Waals surface area (Å²) in [5.74, 6) is 0.911. The average Bonchev–Trinajstić information content (AvgIpc) is 3.01. The standard InChI is InChI=1S/C24H36O5/c1-13(4-7-21(28)29)16-5-6-17-22-18(12-20(27)24(16,17)3)23(2)9-8-15(25)10-14(23)11-19(22)26/h13-14,16-19,22,26H,4-12H2,1-3H3,(H,28,29)/t13-,14?,16-,17+,18+,19+,22+,23+,24-/m1/s1. The van der Waals surface area contributed by atoms with Crippen LogP contribution in [0.3, 0.4) is 0 Å². The van der Waals surface area contributed by atoms with Crippen molar-refractivity contribution in [2.75, 3.05) is 0 Å². The molecule has 0 aliphatic heterocycles. The number of Topliss-reactive ketones (excluding diaryl/α,β-unsaturated/α-hetero) is 2. The minimum absolute atomic E-state index is 0.0260. The Morgan fingerprint density at radius 1 is 1.17 bits per heavy atom. The molecule has 0 aromatic rings. The van der Waals surface area contributed by atoms with Crippen molar-refractivity contribution in [3.05, 3.63) is 0 Å². The van der Waals surface area contributed by atoms with E-state index >= 15 is 0 Å². The molecule has 0 saturated heterocycles. The van der Waals surface area contributed by atoms with E-state index in [0.717, 1.165) is 19.3 Å². The van der Waals surface area contributed by atoms with Crippen LogP contribution in [0, 0.1) is 46.3 Å². The average molecular weight is 405 g/mol. The van der Waals surface area contributed by atoms with Gasteiger partial charge in [0.05, 0.1) is 6.10 Å². The molecule has 162 valence electrons. The van der Waals surface area contributed by atoms with E-state index in [2.05, 4.69) is 20.8 Å². The number of carbonyl (C=O) groups is 3. The van der Waals surface area contributed by atoms with Gasteiger partial charge in [0, 0.05) is 31.1 Å². The number of hydrogen-bond donors (Lipinski definition) is 2. The van der Waals surface area contributed by atoms with Crippen LogP contribution < -0.4 is 0 Å². The first-order chi connectivity index (χ1) is 13.6. The molecule has 4 rings (SSSR count). The summed E-state index contributed by atoms with van der Waals surface area (Å²) in [5, 5.41) is 20.3. The van der Waals surface area contributed by atoms with Gasteiger partial charge >= 0.3 is 5.97 Å². The van der Waals surface area contributed by atoms with E-state index in [9.17, 15) is 19.5 Å². The van der Waals surface area contributed by atoms with Crippen LogP contribution in [0.15, 0.2) is 0 Å². The molecule has 1 unspecified atom stereocenters. The number of aliphatic hydroxyl groups excluding tert-OH is 1. The van der Waals surface area contributed by atoms with Crippen molar-refractivity contribution in [3.63, 3.8) is 0 Å². The molecular weight excluding hydrogens is 368 g/mol. The molecule has 0 aromatic heterocycles. The molecule has 29 heavy (non-hydrogen) atoms. The second-order valence-electron chi connectivity index (χ2n) is 11.0. The minimum Gasteiger partial charge on any atom is -0.481 e. The molecule has 0 spiro atoms. The summed E-state index contributed by atoms with van der Waals surface area (Å²) in [5.41, 5.74) is -0.477. The fourth-order valence-corrected chi connectivity index (χ4v) is 8.22. The van der Waals surface area contributed by atoms with Crippen LogP contribution in [0.4, 0.5) is 0 Å². The molecule has 4 saturated carbocycles. The maximum atomic E-state index is 13.6. The maximum Gasteiger partial charge on any atom is 0.303 e. The van der Waals surface area contributed by atoms with E-state index in [1.807, 2.05) is 0 Å². The van der Waals surface area contributed by atoms with Gasteiger partial charge in [-0.15, -0.1) is 0 Å². The molecule has 5 nitrogen and oxygen atoms in total. The van der Waals surface area contributed by atoms with Crippen molar-refractivity contribution < 1.29 is 24.6 Å². The minimum atomic E-state index is -0.778. The fraction of sp³-hybridized carbons (Fsp3) is 0.875. The summed E-state index contributed by atoms with van der Waals surface area (Å²) in [6, 6.07) is 0. The third-order valence-electron chi connectivity index (χ3n) is 9.93. The first-order valence-electron chi connectivity index (χ1n) is 11.5. The highest BCUT2D eigenvalue weighted by atomic mass is 16.4. The number of ketones is 2. The molecule has 4 aliphatic carbocycles. The van der Waals surface area contributed by atoms with Gasteiger partial charge in [-0.25, -0.2) is 0 Å². The lowest BCUT2D eigenvalue weighted by atomic mass is 9.43. The van der Waals surface area contributed by atoms with E-state index in [-0.39, 0.29) is 47.3 Å². The summed E-state index contributed by atoms with van der Waals surface area (Å²) < 4.78 is 0. The molecule has 2 N–H and O–H groups in total. The third kappa shape index (κ3) is 3.10. The van der Waals surface area contributed by atoms with Gasteiger partial charge in [0.25, 0.3) is 0 Å². The van der Waals surface area contributed by atoms with Crippen LogP contribution in [-0.2, 0) is 14.4 Å². The molecule has 4 fully saturated rings. The lowest BCUT2D eigenvalue weighted by Crippen LogP contribution is -2.61. The Labute approximate surface area is 173 Å². The SMILES string of the molecule is C[C@H](CCC(=O)O)[C@H]1CC[C@H]2[C@@H]3[C@@H](O)CC4CC(=O)CC[C@]4(C)[C@H]3CC(=O)[C@]12C. The molecule has 0 amide bonds. The Kier molecular flexibility index (Phi) is 5.20. The van der Waals surface area contributed by atoms with Crippen LogP contribution in [0.2, 0.25) is 0 Å². The van der Waals surface area contributed by atoms with Crippen LogP contribution in [-0.4, -0.2) is 33.9 Å². The molecule has 0 bridgehead atoms. The molecule has 0 heterocycles. The third-order valence-corrected chi connectivity index (χ3v) is 9.93. The number of carboxylic acids is 1. The molecule has 4 aliphatic rings. The molecule has 0 aromatic carbocycles. The molecule has 0 radical (unpaired) electrons. The predicted octanol–water partition coefficient (Wildman–Crippen LogP) is 3.87. The largest absolute Gasteiger partial charge is 0.481 e. The number of aliphatic carboxylic acids is 1. The second kappa shape index (κ2) is 7.18. The van der Waals surface area contributed by atoms with Crippen molar-refractivity contribution in [1.82, 2.24) is 0 Å². The first kappa shape index (κ1) is 21.0. The van der Waals surface area contributed by atoms with Crippen molar-refractivity contribution >= 4 is 17.5 Å². The number of rotatable bonds is 4. The normalized spacial score (nSPS) is 47.9. The van der Waals surface area contributed by atoms with E-state index in [1.165, 1.54) is 0 Å². The van der Waals surface area contributed by atoms with Crippen molar-refractivity contribution in [2.45, 2.75) is 84.7 Å². The van der Waals surface area contributed by atoms with Gasteiger partial charge < -0.3 is 10.2 Å². The summed E-state index contributed by atoms with van der Waals surface area (Å²) in [6.45, 7) is 6.48. The summed E-state index contributed by atoms with van der Waals surface area (Å²) >= 11 is 0. The number of hydrogen-bond acceptors (Lipinski definition) is 4. The maximum absolute atomic E-state index is 13.6. The van der Waals surface area contributed by atoms with Crippen molar-refractivity contribution in [3.8, 4) is 0 Å². The van der Waals surface area contributed by atoms with Crippen LogP contribution in [0.25, 0.3) is 0 Å². The Balaban J connectivity index is 1.62. The van der Waals surface area contributed by atoms with Gasteiger partial charge in [0.2, 0.25) is 0 Å². The van der Waals surface area contributed by atoms with E-state index < -0.39 is 17.5 Å². The highest BCUT2D eigenvalue weighted by molar-refractivity contribution is 5.87. The van der Waals surface area contributed by atoms with Gasteiger partial charge in [-0.3, -0.25) is 14.4 Å². The quantitative estimate of drug-likeness (QED) is 0.742. The first-order valence-corrected chi connectivity index (χ1v) is 11.5. The summed E-state index contributed by atoms with van der Waals surface area (Å²) in [4.78, 5) is 36.7. The van der Waals surface area contributed by atoms with E-state index in [1.54, 1.807) is 0 Å². The van der Waals surface area contributed by atoms with Crippen molar-refractivity contribution in [2.24, 2.45) is 46.3 Å². The van der Waals surface area contributed by atoms with Gasteiger partial charge in [0.15, 0.2) is 0 Å². The highest BCUT2D eigenvalue weighted by Crippen LogP contribution is 2.67. The van der Waals surface area contributed by atoms with Gasteiger partial charge in [-0.05, 0) is 73.0 Å². The van der Waals surface area contributed by atoms with E-state index in [0.29, 0.717) is 43.7 Å². The Morgan fingerprint density at radius 2 is 1.90 bits per heavy atom. The van der Waals surface area contributed by atoms with Gasteiger partial charge in [-0.1, -0.05) is 20.8 Å². The Morgan fingerprint density at radius 3 is 2.59 bits per heavy atom. The Bertz CT molecular complexity index is 716. The predicted molar refractivity (Wildman–Crippen MR) is 108 cm³/mol. The number of aliphatic hydroxyl groups is 1. The van der Waals surface area contributed by atoms with Crippen molar-refractivity contribution in [1.29, 1.82) is 0 Å². The zero-order valence-electron chi connectivity index (χ0n) is 18.0. The van der Waals surface area contributed by atoms with Crippen LogP contribution in [0.1, 0.15) is 78.6 Å². The van der Waals surface area contributed by atoms with E-state index in [4.69, 9.17) is 5.11 Å². The summed E-state index contributed by atoms with van der Waals surface area (Å²) in [7, 11) is 0. The number of carbonyl (C=O) groups excluding carboxylic acids is 2. The highest BCUT2D eigenvalue weighted by Gasteiger charge is 2.65.